The third-order valence-corrected chi connectivity index (χ3v) is 3.46. The second-order valence-electron chi connectivity index (χ2n) is 4.50. The summed E-state index contributed by atoms with van der Waals surface area (Å²) in [5, 5.41) is -0.289. The van der Waals surface area contributed by atoms with Gasteiger partial charge in [0, 0.05) is 12.6 Å². The number of hydrogen-bond acceptors (Lipinski definition) is 2. The zero-order chi connectivity index (χ0) is 13.3. The first-order valence-corrected chi connectivity index (χ1v) is 6.10. The second-order valence-corrected chi connectivity index (χ2v) is 4.90. The van der Waals surface area contributed by atoms with Gasteiger partial charge in [0.15, 0.2) is 0 Å². The summed E-state index contributed by atoms with van der Waals surface area (Å²) in [6.45, 7) is 2.51. The van der Waals surface area contributed by atoms with Crippen molar-refractivity contribution in [3.8, 4) is 0 Å². The summed E-state index contributed by atoms with van der Waals surface area (Å²) in [7, 11) is 0. The lowest BCUT2D eigenvalue weighted by atomic mass is 10.0. The molecule has 0 spiro atoms. The van der Waals surface area contributed by atoms with Gasteiger partial charge in [-0.2, -0.15) is 13.2 Å². The van der Waals surface area contributed by atoms with Crippen LogP contribution >= 0.6 is 36.4 Å². The molecule has 1 atom stereocenters. The highest BCUT2D eigenvalue weighted by atomic mass is 35.5. The van der Waals surface area contributed by atoms with Crippen molar-refractivity contribution < 1.29 is 13.2 Å². The molecular formula is C12H16Cl3F3N2. The van der Waals surface area contributed by atoms with E-state index in [1.54, 1.807) is 6.07 Å². The molecule has 1 aromatic rings. The maximum absolute atomic E-state index is 12.7. The van der Waals surface area contributed by atoms with E-state index < -0.39 is 17.8 Å². The zero-order valence-corrected chi connectivity index (χ0v) is 12.9. The lowest BCUT2D eigenvalue weighted by Gasteiger charge is -2.33. The fourth-order valence-corrected chi connectivity index (χ4v) is 2.16. The Labute approximate surface area is 133 Å². The fourth-order valence-electron chi connectivity index (χ4n) is 1.94. The Kier molecular flexibility index (Phi) is 7.63. The third kappa shape index (κ3) is 4.67. The molecule has 0 saturated carbocycles. The summed E-state index contributed by atoms with van der Waals surface area (Å²) in [4.78, 5) is 2.12. The van der Waals surface area contributed by atoms with E-state index in [1.165, 1.54) is 6.07 Å². The number of nitrogens with two attached hydrogens (primary N) is 1. The lowest BCUT2D eigenvalue weighted by Crippen LogP contribution is -2.41. The molecule has 1 fully saturated rings. The van der Waals surface area contributed by atoms with Gasteiger partial charge in [-0.05, 0) is 37.2 Å². The van der Waals surface area contributed by atoms with Crippen LogP contribution in [0.5, 0.6) is 0 Å². The summed E-state index contributed by atoms with van der Waals surface area (Å²) in [5.74, 6) is 0. The molecule has 1 saturated heterocycles. The zero-order valence-electron chi connectivity index (χ0n) is 10.5. The van der Waals surface area contributed by atoms with Gasteiger partial charge in [-0.25, -0.2) is 0 Å². The van der Waals surface area contributed by atoms with E-state index in [4.69, 9.17) is 17.3 Å². The number of benzene rings is 1. The van der Waals surface area contributed by atoms with Crippen molar-refractivity contribution in [1.29, 1.82) is 0 Å². The van der Waals surface area contributed by atoms with E-state index in [0.717, 1.165) is 25.6 Å². The fraction of sp³-hybridized carbons (Fsp3) is 0.500. The lowest BCUT2D eigenvalue weighted by molar-refractivity contribution is -0.137. The smallest absolute Gasteiger partial charge is 0.323 e. The summed E-state index contributed by atoms with van der Waals surface area (Å²) < 4.78 is 38.1. The maximum Gasteiger partial charge on any atom is 0.417 e. The highest BCUT2D eigenvalue weighted by molar-refractivity contribution is 6.31. The molecule has 1 aliphatic rings. The van der Waals surface area contributed by atoms with E-state index in [9.17, 15) is 13.2 Å². The molecule has 1 aromatic carbocycles. The van der Waals surface area contributed by atoms with Crippen LogP contribution in [0.4, 0.5) is 13.2 Å². The minimum atomic E-state index is -4.44. The number of halogens is 6. The topological polar surface area (TPSA) is 29.3 Å². The van der Waals surface area contributed by atoms with Gasteiger partial charge in [0.05, 0.1) is 10.6 Å². The average Bonchev–Trinajstić information content (AvgIpc) is 2.22. The van der Waals surface area contributed by atoms with E-state index in [0.29, 0.717) is 12.1 Å². The summed E-state index contributed by atoms with van der Waals surface area (Å²) >= 11 is 5.56. The molecule has 1 heterocycles. The highest BCUT2D eigenvalue weighted by Gasteiger charge is 2.33. The first-order chi connectivity index (χ1) is 8.38. The summed E-state index contributed by atoms with van der Waals surface area (Å²) in [6, 6.07) is 3.45. The molecule has 116 valence electrons. The van der Waals surface area contributed by atoms with Crippen LogP contribution < -0.4 is 5.73 Å². The van der Waals surface area contributed by atoms with Crippen LogP contribution in [0.25, 0.3) is 0 Å². The second kappa shape index (κ2) is 7.71. The maximum atomic E-state index is 12.7. The molecule has 2 N–H and O–H groups in total. The van der Waals surface area contributed by atoms with Gasteiger partial charge in [-0.1, -0.05) is 17.7 Å². The molecule has 1 unspecified atom stereocenters. The predicted octanol–water partition coefficient (Wildman–Crippen LogP) is 3.91. The minimum Gasteiger partial charge on any atom is -0.323 e. The van der Waals surface area contributed by atoms with Crippen molar-refractivity contribution in [2.75, 3.05) is 19.6 Å². The Morgan fingerprint density at radius 1 is 1.25 bits per heavy atom. The van der Waals surface area contributed by atoms with Crippen molar-refractivity contribution in [3.63, 3.8) is 0 Å². The normalized spacial score (nSPS) is 16.6. The molecule has 0 aliphatic carbocycles. The minimum absolute atomic E-state index is 0. The first-order valence-electron chi connectivity index (χ1n) is 5.72. The SMILES string of the molecule is Cl.Cl.NC(CN1CCC1)c1ccc(Cl)c(C(F)(F)F)c1. The first kappa shape index (κ1) is 19.8. The van der Waals surface area contributed by atoms with Crippen molar-refractivity contribution in [1.82, 2.24) is 4.90 Å². The van der Waals surface area contributed by atoms with Gasteiger partial charge in [0.1, 0.15) is 0 Å². The third-order valence-electron chi connectivity index (χ3n) is 3.13. The Hall–Kier alpha value is -0.200. The summed E-state index contributed by atoms with van der Waals surface area (Å²) in [6.07, 6.45) is -3.31. The number of likely N-dealkylation sites (tertiary alicyclic amines) is 1. The molecule has 0 radical (unpaired) electrons. The average molecular weight is 352 g/mol. The Bertz CT molecular complexity index is 436. The predicted molar refractivity (Wildman–Crippen MR) is 78.9 cm³/mol. The van der Waals surface area contributed by atoms with Gasteiger partial charge >= 0.3 is 6.18 Å². The molecule has 20 heavy (non-hydrogen) atoms. The van der Waals surface area contributed by atoms with E-state index in [1.807, 2.05) is 0 Å². The standard InChI is InChI=1S/C12H14ClF3N2.2ClH/c13-10-3-2-8(6-9(10)12(14,15)16)11(17)7-18-4-1-5-18;;/h2-3,6,11H,1,4-5,7,17H2;2*1H. The quantitative estimate of drug-likeness (QED) is 0.894. The van der Waals surface area contributed by atoms with Crippen LogP contribution in [0, 0.1) is 0 Å². The van der Waals surface area contributed by atoms with Crippen LogP contribution in [-0.4, -0.2) is 24.5 Å². The van der Waals surface area contributed by atoms with Crippen LogP contribution in [0.2, 0.25) is 5.02 Å². The molecule has 0 aromatic heterocycles. The van der Waals surface area contributed by atoms with Crippen LogP contribution in [0.15, 0.2) is 18.2 Å². The molecule has 8 heteroatoms. The van der Waals surface area contributed by atoms with Crippen LogP contribution in [0.3, 0.4) is 0 Å². The van der Waals surface area contributed by atoms with Crippen molar-refractivity contribution in [2.45, 2.75) is 18.6 Å². The number of alkyl halides is 3. The molecule has 2 rings (SSSR count). The van der Waals surface area contributed by atoms with E-state index in [2.05, 4.69) is 4.90 Å². The molecule has 1 aliphatic heterocycles. The number of hydrogen-bond donors (Lipinski definition) is 1. The Balaban J connectivity index is 0.00000180. The van der Waals surface area contributed by atoms with Gasteiger partial charge in [0.2, 0.25) is 0 Å². The highest BCUT2D eigenvalue weighted by Crippen LogP contribution is 2.36. The van der Waals surface area contributed by atoms with Crippen LogP contribution in [-0.2, 0) is 6.18 Å². The molecular weight excluding hydrogens is 335 g/mol. The van der Waals surface area contributed by atoms with Crippen molar-refractivity contribution >= 4 is 36.4 Å². The summed E-state index contributed by atoms with van der Waals surface area (Å²) in [5.41, 5.74) is 5.57. The number of nitrogens with zero attached hydrogens (tertiary/aromatic N) is 1. The van der Waals surface area contributed by atoms with Gasteiger partial charge in [-0.3, -0.25) is 0 Å². The Morgan fingerprint density at radius 3 is 2.30 bits per heavy atom. The molecule has 0 amide bonds. The van der Waals surface area contributed by atoms with Crippen molar-refractivity contribution in [2.24, 2.45) is 5.73 Å². The van der Waals surface area contributed by atoms with Gasteiger partial charge in [0.25, 0.3) is 0 Å². The number of rotatable bonds is 3. The van der Waals surface area contributed by atoms with Gasteiger partial charge in [-0.15, -0.1) is 24.8 Å². The Morgan fingerprint density at radius 2 is 1.85 bits per heavy atom. The van der Waals surface area contributed by atoms with Crippen LogP contribution in [0.1, 0.15) is 23.6 Å². The van der Waals surface area contributed by atoms with Gasteiger partial charge < -0.3 is 10.6 Å². The molecule has 0 bridgehead atoms. The molecule has 2 nitrogen and oxygen atoms in total. The van der Waals surface area contributed by atoms with E-state index in [-0.39, 0.29) is 29.8 Å². The van der Waals surface area contributed by atoms with Crippen molar-refractivity contribution in [3.05, 3.63) is 34.3 Å². The monoisotopic (exact) mass is 350 g/mol. The van der Waals surface area contributed by atoms with E-state index >= 15 is 0 Å². The largest absolute Gasteiger partial charge is 0.417 e.